The van der Waals surface area contributed by atoms with Crippen molar-refractivity contribution in [3.05, 3.63) is 52.0 Å². The lowest BCUT2D eigenvalue weighted by molar-refractivity contribution is 0.0843. The van der Waals surface area contributed by atoms with Crippen LogP contribution in [0.25, 0.3) is 0 Å². The molecule has 114 valence electrons. The van der Waals surface area contributed by atoms with E-state index in [0.717, 1.165) is 10.0 Å². The van der Waals surface area contributed by atoms with Crippen LogP contribution < -0.4 is 14.2 Å². The molecule has 5 heteroatoms. The number of halogens is 1. The van der Waals surface area contributed by atoms with E-state index in [4.69, 9.17) is 14.2 Å². The summed E-state index contributed by atoms with van der Waals surface area (Å²) < 4.78 is 17.5. The molecule has 1 unspecified atom stereocenters. The van der Waals surface area contributed by atoms with Crippen LogP contribution in [-0.4, -0.2) is 20.0 Å². The molecule has 0 aliphatic carbocycles. The first kappa shape index (κ1) is 14.9. The van der Waals surface area contributed by atoms with Gasteiger partial charge in [-0.15, -0.1) is 0 Å². The van der Waals surface area contributed by atoms with E-state index in [-0.39, 0.29) is 18.3 Å². The summed E-state index contributed by atoms with van der Waals surface area (Å²) in [6.07, 6.45) is -0.0504. The minimum Gasteiger partial charge on any atom is -0.496 e. The minimum absolute atomic E-state index is 0.00139. The van der Waals surface area contributed by atoms with Crippen molar-refractivity contribution in [2.75, 3.05) is 14.2 Å². The fraction of sp³-hybridized carbons (Fsp3) is 0.235. The van der Waals surface area contributed by atoms with E-state index < -0.39 is 0 Å². The molecule has 1 heterocycles. The van der Waals surface area contributed by atoms with Crippen molar-refractivity contribution in [3.63, 3.8) is 0 Å². The van der Waals surface area contributed by atoms with Crippen LogP contribution in [-0.2, 0) is 0 Å². The van der Waals surface area contributed by atoms with Gasteiger partial charge in [-0.1, -0.05) is 34.1 Å². The SMILES string of the molecule is COc1cc(OC)c2c(c1)OC(c1ccccc1Br)CC2=O. The Morgan fingerprint density at radius 1 is 1.18 bits per heavy atom. The van der Waals surface area contributed by atoms with Crippen molar-refractivity contribution in [2.45, 2.75) is 12.5 Å². The van der Waals surface area contributed by atoms with Gasteiger partial charge in [0.05, 0.1) is 20.6 Å². The first-order chi connectivity index (χ1) is 10.6. The van der Waals surface area contributed by atoms with Gasteiger partial charge in [-0.2, -0.15) is 0 Å². The third-order valence-corrected chi connectivity index (χ3v) is 4.39. The maximum atomic E-state index is 12.5. The molecule has 4 nitrogen and oxygen atoms in total. The highest BCUT2D eigenvalue weighted by Crippen LogP contribution is 2.43. The Morgan fingerprint density at radius 2 is 1.95 bits per heavy atom. The molecule has 0 fully saturated rings. The molecule has 0 aromatic heterocycles. The van der Waals surface area contributed by atoms with E-state index in [1.165, 1.54) is 7.11 Å². The zero-order valence-electron chi connectivity index (χ0n) is 12.3. The Labute approximate surface area is 137 Å². The second kappa shape index (κ2) is 6.01. The molecule has 0 saturated heterocycles. The number of carbonyl (C=O) groups excluding carboxylic acids is 1. The molecular weight excluding hydrogens is 348 g/mol. The number of benzene rings is 2. The van der Waals surface area contributed by atoms with Crippen LogP contribution in [0.5, 0.6) is 17.2 Å². The smallest absolute Gasteiger partial charge is 0.174 e. The lowest BCUT2D eigenvalue weighted by Gasteiger charge is -2.27. The second-order valence-electron chi connectivity index (χ2n) is 4.96. The molecule has 2 aromatic rings. The van der Waals surface area contributed by atoms with Crippen LogP contribution in [0.4, 0.5) is 0 Å². The first-order valence-electron chi connectivity index (χ1n) is 6.84. The van der Waals surface area contributed by atoms with Crippen LogP contribution in [0.2, 0.25) is 0 Å². The molecule has 3 rings (SSSR count). The van der Waals surface area contributed by atoms with E-state index in [2.05, 4.69) is 15.9 Å². The minimum atomic E-state index is -0.326. The summed E-state index contributed by atoms with van der Waals surface area (Å²) in [6.45, 7) is 0. The zero-order valence-corrected chi connectivity index (χ0v) is 13.8. The largest absolute Gasteiger partial charge is 0.496 e. The number of ketones is 1. The number of Topliss-reactive ketones (excluding diaryl/α,β-unsaturated/α-hetero) is 1. The number of methoxy groups -OCH3 is 2. The van der Waals surface area contributed by atoms with Gasteiger partial charge in [-0.05, 0) is 6.07 Å². The van der Waals surface area contributed by atoms with E-state index in [9.17, 15) is 4.79 Å². The quantitative estimate of drug-likeness (QED) is 0.821. The van der Waals surface area contributed by atoms with Crippen LogP contribution >= 0.6 is 15.9 Å². The van der Waals surface area contributed by atoms with Gasteiger partial charge in [0.25, 0.3) is 0 Å². The zero-order chi connectivity index (χ0) is 15.7. The Bertz CT molecular complexity index is 727. The lowest BCUT2D eigenvalue weighted by Crippen LogP contribution is -2.21. The average molecular weight is 363 g/mol. The standard InChI is InChI=1S/C17H15BrO4/c1-20-10-7-15(21-2)17-13(19)9-14(22-16(17)8-10)11-5-3-4-6-12(11)18/h3-8,14H,9H2,1-2H3. The maximum Gasteiger partial charge on any atom is 0.174 e. The molecule has 0 bridgehead atoms. The van der Waals surface area contributed by atoms with Gasteiger partial charge >= 0.3 is 0 Å². The molecule has 0 N–H and O–H groups in total. The molecule has 0 saturated carbocycles. The topological polar surface area (TPSA) is 44.8 Å². The summed E-state index contributed by atoms with van der Waals surface area (Å²) in [5, 5.41) is 0. The number of hydrogen-bond acceptors (Lipinski definition) is 4. The van der Waals surface area contributed by atoms with Gasteiger partial charge in [-0.25, -0.2) is 0 Å². The highest BCUT2D eigenvalue weighted by molar-refractivity contribution is 9.10. The number of rotatable bonds is 3. The van der Waals surface area contributed by atoms with Crippen molar-refractivity contribution < 1.29 is 19.0 Å². The third-order valence-electron chi connectivity index (χ3n) is 3.67. The van der Waals surface area contributed by atoms with Gasteiger partial charge < -0.3 is 14.2 Å². The number of hydrogen-bond donors (Lipinski definition) is 0. The van der Waals surface area contributed by atoms with Gasteiger partial charge in [0.2, 0.25) is 0 Å². The summed E-state index contributed by atoms with van der Waals surface area (Å²) in [5.41, 5.74) is 1.43. The molecule has 2 aromatic carbocycles. The number of carbonyl (C=O) groups is 1. The molecular formula is C17H15BrO4. The van der Waals surface area contributed by atoms with Crippen LogP contribution in [0.3, 0.4) is 0 Å². The Balaban J connectivity index is 2.05. The van der Waals surface area contributed by atoms with E-state index in [1.54, 1.807) is 19.2 Å². The van der Waals surface area contributed by atoms with E-state index in [0.29, 0.717) is 22.8 Å². The van der Waals surface area contributed by atoms with Crippen molar-refractivity contribution in [2.24, 2.45) is 0 Å². The summed E-state index contributed by atoms with van der Waals surface area (Å²) in [6, 6.07) is 11.2. The normalized spacial score (nSPS) is 16.7. The summed E-state index contributed by atoms with van der Waals surface area (Å²) in [7, 11) is 3.10. The molecule has 0 radical (unpaired) electrons. The summed E-state index contributed by atoms with van der Waals surface area (Å²) >= 11 is 3.51. The molecule has 0 spiro atoms. The lowest BCUT2D eigenvalue weighted by atomic mass is 9.95. The fourth-order valence-corrected chi connectivity index (χ4v) is 3.13. The maximum absolute atomic E-state index is 12.5. The van der Waals surface area contributed by atoms with Gasteiger partial charge in [0.1, 0.15) is 28.9 Å². The van der Waals surface area contributed by atoms with Crippen LogP contribution in [0.1, 0.15) is 28.4 Å². The third kappa shape index (κ3) is 2.57. The Morgan fingerprint density at radius 3 is 2.64 bits per heavy atom. The Kier molecular flexibility index (Phi) is 4.07. The number of fused-ring (bicyclic) bond motifs is 1. The van der Waals surface area contributed by atoms with Crippen molar-refractivity contribution >= 4 is 21.7 Å². The van der Waals surface area contributed by atoms with Crippen molar-refractivity contribution in [1.29, 1.82) is 0 Å². The Hall–Kier alpha value is -2.01. The molecule has 22 heavy (non-hydrogen) atoms. The van der Waals surface area contributed by atoms with Crippen LogP contribution in [0.15, 0.2) is 40.9 Å². The molecule has 1 atom stereocenters. The highest BCUT2D eigenvalue weighted by Gasteiger charge is 2.32. The van der Waals surface area contributed by atoms with E-state index >= 15 is 0 Å². The monoisotopic (exact) mass is 362 g/mol. The predicted octanol–water partition coefficient (Wildman–Crippen LogP) is 4.17. The highest BCUT2D eigenvalue weighted by atomic mass is 79.9. The van der Waals surface area contributed by atoms with Gasteiger partial charge in [0.15, 0.2) is 5.78 Å². The summed E-state index contributed by atoms with van der Waals surface area (Å²) in [5.74, 6) is 1.57. The fourth-order valence-electron chi connectivity index (χ4n) is 2.59. The average Bonchev–Trinajstić information content (AvgIpc) is 2.53. The molecule has 1 aliphatic rings. The van der Waals surface area contributed by atoms with Crippen LogP contribution in [0, 0.1) is 0 Å². The predicted molar refractivity (Wildman–Crippen MR) is 86.0 cm³/mol. The second-order valence-corrected chi connectivity index (χ2v) is 5.81. The molecule has 0 amide bonds. The van der Waals surface area contributed by atoms with E-state index in [1.807, 2.05) is 24.3 Å². The summed E-state index contributed by atoms with van der Waals surface area (Å²) in [4.78, 5) is 12.5. The molecule has 1 aliphatic heterocycles. The number of ether oxygens (including phenoxy) is 3. The van der Waals surface area contributed by atoms with Crippen molar-refractivity contribution in [1.82, 2.24) is 0 Å². The van der Waals surface area contributed by atoms with Gasteiger partial charge in [-0.3, -0.25) is 4.79 Å². The van der Waals surface area contributed by atoms with Crippen molar-refractivity contribution in [3.8, 4) is 17.2 Å². The van der Waals surface area contributed by atoms with Gasteiger partial charge in [0, 0.05) is 22.2 Å². The first-order valence-corrected chi connectivity index (χ1v) is 7.63.